The first-order valence-corrected chi connectivity index (χ1v) is 7.17. The standard InChI is InChI=1S/C14H15ClN4O2/c15-11-3-1-2-4-12(11)21-10-5-7-19(8-6-10)14(20)13-16-9-17-18-13/h1-4,9-10H,5-8H2,(H,16,17,18). The van der Waals surface area contributed by atoms with E-state index in [0.29, 0.717) is 23.9 Å². The average molecular weight is 307 g/mol. The van der Waals surface area contributed by atoms with Gasteiger partial charge in [0.15, 0.2) is 0 Å². The van der Waals surface area contributed by atoms with Gasteiger partial charge in [0.05, 0.1) is 5.02 Å². The van der Waals surface area contributed by atoms with Crippen molar-refractivity contribution in [3.63, 3.8) is 0 Å². The van der Waals surface area contributed by atoms with Crippen LogP contribution in [0, 0.1) is 0 Å². The molecule has 0 bridgehead atoms. The zero-order valence-electron chi connectivity index (χ0n) is 11.3. The summed E-state index contributed by atoms with van der Waals surface area (Å²) in [5, 5.41) is 6.90. The number of aromatic amines is 1. The molecule has 0 radical (unpaired) electrons. The number of nitrogens with one attached hydrogen (secondary N) is 1. The van der Waals surface area contributed by atoms with Gasteiger partial charge in [0.2, 0.25) is 5.82 Å². The van der Waals surface area contributed by atoms with E-state index in [0.717, 1.165) is 12.8 Å². The van der Waals surface area contributed by atoms with Crippen LogP contribution < -0.4 is 4.74 Å². The van der Waals surface area contributed by atoms with Crippen molar-refractivity contribution < 1.29 is 9.53 Å². The molecule has 1 aliphatic rings. The van der Waals surface area contributed by atoms with Crippen LogP contribution in [0.15, 0.2) is 30.6 Å². The van der Waals surface area contributed by atoms with Crippen molar-refractivity contribution in [3.05, 3.63) is 41.4 Å². The van der Waals surface area contributed by atoms with E-state index >= 15 is 0 Å². The Morgan fingerprint density at radius 3 is 2.76 bits per heavy atom. The third-order valence-corrected chi connectivity index (χ3v) is 3.79. The molecule has 1 fully saturated rings. The predicted octanol–water partition coefficient (Wildman–Crippen LogP) is 2.14. The molecule has 110 valence electrons. The Morgan fingerprint density at radius 2 is 2.10 bits per heavy atom. The van der Waals surface area contributed by atoms with Crippen LogP contribution in [0.5, 0.6) is 5.75 Å². The summed E-state index contributed by atoms with van der Waals surface area (Å²) in [6.45, 7) is 1.27. The molecule has 1 amide bonds. The molecule has 1 aliphatic heterocycles. The number of amides is 1. The summed E-state index contributed by atoms with van der Waals surface area (Å²) in [4.78, 5) is 17.8. The van der Waals surface area contributed by atoms with Crippen molar-refractivity contribution >= 4 is 17.5 Å². The fourth-order valence-electron chi connectivity index (χ4n) is 2.35. The monoisotopic (exact) mass is 306 g/mol. The number of aromatic nitrogens is 3. The van der Waals surface area contributed by atoms with E-state index in [1.165, 1.54) is 6.33 Å². The largest absolute Gasteiger partial charge is 0.489 e. The highest BCUT2D eigenvalue weighted by Crippen LogP contribution is 2.26. The van der Waals surface area contributed by atoms with Crippen molar-refractivity contribution in [3.8, 4) is 5.75 Å². The van der Waals surface area contributed by atoms with Gasteiger partial charge in [-0.1, -0.05) is 23.7 Å². The zero-order valence-corrected chi connectivity index (χ0v) is 12.1. The maximum Gasteiger partial charge on any atom is 0.291 e. The highest BCUT2D eigenvalue weighted by atomic mass is 35.5. The lowest BCUT2D eigenvalue weighted by Gasteiger charge is -2.31. The molecule has 6 nitrogen and oxygen atoms in total. The zero-order chi connectivity index (χ0) is 14.7. The molecule has 3 rings (SSSR count). The van der Waals surface area contributed by atoms with Crippen molar-refractivity contribution in [2.45, 2.75) is 18.9 Å². The van der Waals surface area contributed by atoms with Gasteiger partial charge < -0.3 is 9.64 Å². The molecule has 0 unspecified atom stereocenters. The third kappa shape index (κ3) is 3.16. The first kappa shape index (κ1) is 13.9. The second kappa shape index (κ2) is 6.13. The maximum absolute atomic E-state index is 12.1. The molecular weight excluding hydrogens is 292 g/mol. The minimum Gasteiger partial charge on any atom is -0.489 e. The van der Waals surface area contributed by atoms with E-state index in [9.17, 15) is 4.79 Å². The molecule has 1 N–H and O–H groups in total. The Hall–Kier alpha value is -2.08. The summed E-state index contributed by atoms with van der Waals surface area (Å²) in [7, 11) is 0. The summed E-state index contributed by atoms with van der Waals surface area (Å²) in [5.41, 5.74) is 0. The van der Waals surface area contributed by atoms with E-state index in [2.05, 4.69) is 15.2 Å². The molecule has 0 aliphatic carbocycles. The highest BCUT2D eigenvalue weighted by Gasteiger charge is 2.26. The van der Waals surface area contributed by atoms with Crippen LogP contribution in [0.1, 0.15) is 23.5 Å². The van der Waals surface area contributed by atoms with Crippen molar-refractivity contribution in [2.24, 2.45) is 0 Å². The molecule has 1 aromatic carbocycles. The van der Waals surface area contributed by atoms with Gasteiger partial charge in [-0.3, -0.25) is 9.89 Å². The lowest BCUT2D eigenvalue weighted by molar-refractivity contribution is 0.0585. The second-order valence-corrected chi connectivity index (χ2v) is 5.28. The molecule has 0 atom stereocenters. The smallest absolute Gasteiger partial charge is 0.291 e. The Kier molecular flexibility index (Phi) is 4.06. The van der Waals surface area contributed by atoms with Crippen LogP contribution in [0.4, 0.5) is 0 Å². The summed E-state index contributed by atoms with van der Waals surface area (Å²) < 4.78 is 5.90. The number of hydrogen-bond donors (Lipinski definition) is 1. The van der Waals surface area contributed by atoms with E-state index in [4.69, 9.17) is 16.3 Å². The van der Waals surface area contributed by atoms with Gasteiger partial charge in [-0.15, -0.1) is 0 Å². The summed E-state index contributed by atoms with van der Waals surface area (Å²) in [6, 6.07) is 7.42. The number of carbonyl (C=O) groups excluding carboxylic acids is 1. The second-order valence-electron chi connectivity index (χ2n) is 4.87. The highest BCUT2D eigenvalue weighted by molar-refractivity contribution is 6.32. The first-order chi connectivity index (χ1) is 10.2. The third-order valence-electron chi connectivity index (χ3n) is 3.48. The predicted molar refractivity (Wildman–Crippen MR) is 77.4 cm³/mol. The Bertz CT molecular complexity index is 609. The lowest BCUT2D eigenvalue weighted by atomic mass is 10.1. The van der Waals surface area contributed by atoms with Gasteiger partial charge in [0, 0.05) is 25.9 Å². The number of rotatable bonds is 3. The number of H-pyrrole nitrogens is 1. The fourth-order valence-corrected chi connectivity index (χ4v) is 2.54. The van der Waals surface area contributed by atoms with E-state index < -0.39 is 0 Å². The number of carbonyl (C=O) groups is 1. The first-order valence-electron chi connectivity index (χ1n) is 6.80. The molecule has 0 saturated carbocycles. The molecule has 7 heteroatoms. The van der Waals surface area contributed by atoms with Gasteiger partial charge in [0.1, 0.15) is 18.2 Å². The van der Waals surface area contributed by atoms with Crippen molar-refractivity contribution in [1.82, 2.24) is 20.1 Å². The number of nitrogens with zero attached hydrogens (tertiary/aromatic N) is 3. The molecule has 0 spiro atoms. The number of piperidine rings is 1. The minimum atomic E-state index is -0.122. The van der Waals surface area contributed by atoms with Gasteiger partial charge >= 0.3 is 0 Å². The summed E-state index contributed by atoms with van der Waals surface area (Å²) in [6.07, 6.45) is 2.94. The molecule has 2 heterocycles. The number of hydrogen-bond acceptors (Lipinski definition) is 4. The SMILES string of the molecule is O=C(c1ncn[nH]1)N1CCC(Oc2ccccc2Cl)CC1. The van der Waals surface area contributed by atoms with Crippen LogP contribution in [0.3, 0.4) is 0 Å². The normalized spacial score (nSPS) is 16.0. The molecular formula is C14H15ClN4O2. The van der Waals surface area contributed by atoms with Gasteiger partial charge in [-0.2, -0.15) is 5.10 Å². The van der Waals surface area contributed by atoms with Crippen molar-refractivity contribution in [2.75, 3.05) is 13.1 Å². The van der Waals surface area contributed by atoms with Crippen LogP contribution in [-0.2, 0) is 0 Å². The van der Waals surface area contributed by atoms with E-state index in [1.54, 1.807) is 11.0 Å². The maximum atomic E-state index is 12.1. The number of ether oxygens (including phenoxy) is 1. The van der Waals surface area contributed by atoms with Crippen LogP contribution >= 0.6 is 11.6 Å². The lowest BCUT2D eigenvalue weighted by Crippen LogP contribution is -2.42. The molecule has 1 aromatic heterocycles. The van der Waals surface area contributed by atoms with Crippen LogP contribution in [0.25, 0.3) is 0 Å². The number of likely N-dealkylation sites (tertiary alicyclic amines) is 1. The van der Waals surface area contributed by atoms with Crippen molar-refractivity contribution in [1.29, 1.82) is 0 Å². The molecule has 21 heavy (non-hydrogen) atoms. The van der Waals surface area contributed by atoms with E-state index in [1.807, 2.05) is 18.2 Å². The van der Waals surface area contributed by atoms with Gasteiger partial charge in [0.25, 0.3) is 5.91 Å². The fraction of sp³-hybridized carbons (Fsp3) is 0.357. The topological polar surface area (TPSA) is 71.1 Å². The van der Waals surface area contributed by atoms with Crippen LogP contribution in [0.2, 0.25) is 5.02 Å². The van der Waals surface area contributed by atoms with Gasteiger partial charge in [-0.25, -0.2) is 4.98 Å². The van der Waals surface area contributed by atoms with E-state index in [-0.39, 0.29) is 17.8 Å². The minimum absolute atomic E-state index is 0.0728. The average Bonchev–Trinajstić information content (AvgIpc) is 3.04. The Morgan fingerprint density at radius 1 is 1.33 bits per heavy atom. The molecule has 1 saturated heterocycles. The quantitative estimate of drug-likeness (QED) is 0.943. The Labute approximate surface area is 127 Å². The number of para-hydroxylation sites is 1. The summed E-state index contributed by atoms with van der Waals surface area (Å²) >= 11 is 6.08. The summed E-state index contributed by atoms with van der Waals surface area (Å²) in [5.74, 6) is 0.850. The van der Waals surface area contributed by atoms with Crippen LogP contribution in [-0.4, -0.2) is 45.2 Å². The molecule has 2 aromatic rings. The number of halogens is 1. The Balaban J connectivity index is 1.56. The number of benzene rings is 1. The van der Waals surface area contributed by atoms with Gasteiger partial charge in [-0.05, 0) is 12.1 Å².